The molecule has 108 heavy (non-hydrogen) atoms. The predicted molar refractivity (Wildman–Crippen MR) is 466 cm³/mol. The Morgan fingerprint density at radius 2 is 0.806 bits per heavy atom. The van der Waals surface area contributed by atoms with Crippen LogP contribution >= 0.6 is 45.3 Å². The molecular formula is C99H85N5S4+4. The van der Waals surface area contributed by atoms with Crippen molar-refractivity contribution >= 4 is 170 Å². The number of hydrogen-bond acceptors (Lipinski definition) is 5. The van der Waals surface area contributed by atoms with Gasteiger partial charge in [0.25, 0.3) is 0 Å². The molecule has 1 fully saturated rings. The summed E-state index contributed by atoms with van der Waals surface area (Å²) in [5.41, 5.74) is 20.5. The SMILES string of the molecule is Cc1ccccc1-c1cc2c(c[n+]1C)sc1c3ccccc3ccc21.Cc1ccccc1-c1ccc2sc3cc4ccccc4cc3c2[n+]1C.Cc1ccccc1-c1ccc2sc3ccc4ccccc4c3c2[n+]1C.[2H]C1(c2ccc3cc4c(nc3c2)sc2c[n+](C)c(-c3ccccc3C)cc24)CCC(C)(C)CC1. The maximum absolute atomic E-state index is 9.18. The molecule has 21 rings (SSSR count). The zero-order valence-corrected chi connectivity index (χ0v) is 66.0. The summed E-state index contributed by atoms with van der Waals surface area (Å²) in [6.45, 7) is 13.4. The molecular weight excluding hydrogens is 1390 g/mol. The minimum atomic E-state index is -0.489. The third-order valence-corrected chi connectivity index (χ3v) is 27.2. The fraction of sp³-hybridized carbons (Fsp3) is 0.162. The Morgan fingerprint density at radius 1 is 0.352 bits per heavy atom. The van der Waals surface area contributed by atoms with Gasteiger partial charge >= 0.3 is 0 Å². The van der Waals surface area contributed by atoms with E-state index in [9.17, 15) is 1.37 Å². The Balaban J connectivity index is 0.000000103. The van der Waals surface area contributed by atoms with E-state index in [1.807, 2.05) is 34.0 Å². The number of aromatic nitrogens is 5. The van der Waals surface area contributed by atoms with Crippen molar-refractivity contribution in [1.82, 2.24) is 4.98 Å². The first kappa shape index (κ1) is 67.7. The minimum Gasteiger partial charge on any atom is -0.237 e. The van der Waals surface area contributed by atoms with Crippen LogP contribution in [0.5, 0.6) is 0 Å². The summed E-state index contributed by atoms with van der Waals surface area (Å²) in [7, 11) is 8.65. The number of aryl methyl sites for hydroxylation is 8. The normalized spacial score (nSPS) is 13.6. The third kappa shape index (κ3) is 12.5. The summed E-state index contributed by atoms with van der Waals surface area (Å²) in [4.78, 5) is 6.18. The summed E-state index contributed by atoms with van der Waals surface area (Å²) in [5, 5.41) is 17.0. The second-order valence-electron chi connectivity index (χ2n) is 30.3. The molecule has 0 aliphatic heterocycles. The van der Waals surface area contributed by atoms with E-state index in [-0.39, 0.29) is 0 Å². The van der Waals surface area contributed by atoms with Crippen molar-refractivity contribution in [3.05, 3.63) is 307 Å². The second kappa shape index (κ2) is 28.0. The van der Waals surface area contributed by atoms with Gasteiger partial charge in [0.05, 0.1) is 21.0 Å². The lowest BCUT2D eigenvalue weighted by Crippen LogP contribution is -2.31. The van der Waals surface area contributed by atoms with E-state index >= 15 is 0 Å². The van der Waals surface area contributed by atoms with Crippen molar-refractivity contribution in [1.29, 1.82) is 0 Å². The second-order valence-corrected chi connectivity index (χ2v) is 34.5. The van der Waals surface area contributed by atoms with Crippen LogP contribution in [0.4, 0.5) is 0 Å². The van der Waals surface area contributed by atoms with Gasteiger partial charge in [-0.2, -0.15) is 18.3 Å². The molecule has 1 saturated carbocycles. The van der Waals surface area contributed by atoms with Crippen LogP contribution < -0.4 is 18.3 Å². The average Bonchev–Trinajstić information content (AvgIpc) is 1.62. The van der Waals surface area contributed by atoms with Crippen LogP contribution in [0.25, 0.3) is 169 Å². The molecule has 9 heteroatoms. The summed E-state index contributed by atoms with van der Waals surface area (Å²) in [5.74, 6) is -0.489. The lowest BCUT2D eigenvalue weighted by atomic mass is 9.71. The van der Waals surface area contributed by atoms with E-state index in [1.165, 1.54) is 176 Å². The molecule has 11 aromatic carbocycles. The van der Waals surface area contributed by atoms with Crippen LogP contribution in [0.15, 0.2) is 279 Å². The lowest BCUT2D eigenvalue weighted by Gasteiger charge is -2.34. The van der Waals surface area contributed by atoms with Gasteiger partial charge in [0.1, 0.15) is 47.1 Å². The maximum atomic E-state index is 9.18. The Bertz CT molecular complexity index is 6990. The predicted octanol–water partition coefficient (Wildman–Crippen LogP) is 26.1. The van der Waals surface area contributed by atoms with E-state index < -0.39 is 5.89 Å². The molecule has 0 N–H and O–H groups in total. The average molecular weight is 1470 g/mol. The van der Waals surface area contributed by atoms with Gasteiger partial charge in [-0.3, -0.25) is 0 Å². The Kier molecular flexibility index (Phi) is 17.6. The molecule has 9 aromatic heterocycles. The fourth-order valence-electron chi connectivity index (χ4n) is 16.6. The van der Waals surface area contributed by atoms with Gasteiger partial charge in [-0.05, 0) is 192 Å². The fourth-order valence-corrected chi connectivity index (χ4v) is 21.4. The molecule has 0 bridgehead atoms. The van der Waals surface area contributed by atoms with Gasteiger partial charge in [-0.25, -0.2) is 4.98 Å². The van der Waals surface area contributed by atoms with Crippen LogP contribution in [0.2, 0.25) is 0 Å². The Hall–Kier alpha value is -10.9. The molecule has 1 aliphatic rings. The summed E-state index contributed by atoms with van der Waals surface area (Å²) in [6.07, 6.45) is 8.58. The van der Waals surface area contributed by atoms with E-state index in [0.717, 1.165) is 47.0 Å². The number of rotatable bonds is 5. The zero-order chi connectivity index (χ0) is 74.6. The van der Waals surface area contributed by atoms with Crippen molar-refractivity contribution in [3.63, 3.8) is 0 Å². The summed E-state index contributed by atoms with van der Waals surface area (Å²) in [6, 6.07) is 96.6. The van der Waals surface area contributed by atoms with Crippen LogP contribution in [0.3, 0.4) is 0 Å². The molecule has 0 amide bonds. The van der Waals surface area contributed by atoms with Gasteiger partial charge in [0.2, 0.25) is 33.8 Å². The largest absolute Gasteiger partial charge is 0.237 e. The standard InChI is InChI=1S/C30H31N2S.3C23H18NS/c1-19-7-5-6-8-23(19)27-17-24-25-15-22-10-9-21(20-11-13-30(2,3)14-12-20)16-26(22)31-29(25)33-28(24)18-32(27)4;1-15-7-3-6-10-18(15)20-11-12-21-23(24(20)2)19-13-16-8-4-5-9-17(16)14-22(19)25-21;1-15-7-3-5-9-17(15)19-12-14-21-23(24(19)2)22-18-10-6-4-8-16(18)11-13-20(22)25-21;1-15-7-3-5-9-17(15)21-13-20-19-12-11-16-8-4-6-10-18(16)23(19)25-22(20)14-24(21)2/h5-10,15-18,20H,11-14H2,1-4H3;3*3-14H,1-2H3/q4*+1/i20D;;;. The first-order valence-corrected chi connectivity index (χ1v) is 40.8. The molecule has 0 radical (unpaired) electrons. The minimum absolute atomic E-state index is 0.357. The maximum Gasteiger partial charge on any atom is 0.232 e. The quantitative estimate of drug-likeness (QED) is 0.158. The molecule has 0 saturated heterocycles. The van der Waals surface area contributed by atoms with E-state index in [0.29, 0.717) is 5.41 Å². The van der Waals surface area contributed by atoms with Crippen LogP contribution in [0, 0.1) is 33.1 Å². The third-order valence-electron chi connectivity index (χ3n) is 22.8. The number of thiophene rings is 4. The van der Waals surface area contributed by atoms with Crippen molar-refractivity contribution in [2.75, 3.05) is 0 Å². The number of hydrogen-bond donors (Lipinski definition) is 0. The highest BCUT2D eigenvalue weighted by molar-refractivity contribution is 7.27. The number of nitrogens with zero attached hydrogens (tertiary/aromatic N) is 5. The van der Waals surface area contributed by atoms with E-state index in [4.69, 9.17) is 4.98 Å². The highest BCUT2D eigenvalue weighted by atomic mass is 32.1. The molecule has 0 spiro atoms. The molecule has 20 aromatic rings. The van der Waals surface area contributed by atoms with Gasteiger partial charge < -0.3 is 0 Å². The zero-order valence-electron chi connectivity index (χ0n) is 63.8. The van der Waals surface area contributed by atoms with Gasteiger partial charge in [0, 0.05) is 88.9 Å². The first-order chi connectivity index (χ1) is 52.9. The number of benzene rings is 11. The Morgan fingerprint density at radius 3 is 1.41 bits per heavy atom. The van der Waals surface area contributed by atoms with Crippen LogP contribution in [-0.2, 0) is 28.2 Å². The van der Waals surface area contributed by atoms with Crippen molar-refractivity contribution in [3.8, 4) is 45.0 Å². The van der Waals surface area contributed by atoms with Crippen molar-refractivity contribution < 1.29 is 19.6 Å². The van der Waals surface area contributed by atoms with E-state index in [1.54, 1.807) is 11.3 Å². The smallest absolute Gasteiger partial charge is 0.232 e. The van der Waals surface area contributed by atoms with E-state index in [2.05, 4.69) is 367 Å². The molecule has 5 nitrogen and oxygen atoms in total. The number of pyridine rings is 5. The van der Waals surface area contributed by atoms with Gasteiger partial charge in [-0.1, -0.05) is 190 Å². The van der Waals surface area contributed by atoms with Gasteiger partial charge in [-0.15, -0.1) is 45.3 Å². The van der Waals surface area contributed by atoms with Crippen molar-refractivity contribution in [2.45, 2.75) is 73.1 Å². The highest BCUT2D eigenvalue weighted by Crippen LogP contribution is 2.46. The molecule has 0 atom stereocenters. The molecule has 0 unspecified atom stereocenters. The topological polar surface area (TPSA) is 28.4 Å². The molecule has 9 heterocycles. The monoisotopic (exact) mass is 1470 g/mol. The van der Waals surface area contributed by atoms with Crippen LogP contribution in [0.1, 0.15) is 74.6 Å². The molecule has 1 aliphatic carbocycles. The summed E-state index contributed by atoms with van der Waals surface area (Å²) >= 11 is 7.41. The lowest BCUT2D eigenvalue weighted by molar-refractivity contribution is -0.659. The highest BCUT2D eigenvalue weighted by Gasteiger charge is 2.29. The number of fused-ring (bicyclic) bond motifs is 18. The van der Waals surface area contributed by atoms with Crippen molar-refractivity contribution in [2.24, 2.45) is 33.6 Å². The summed E-state index contributed by atoms with van der Waals surface area (Å²) < 4.78 is 27.7. The Labute approximate surface area is 648 Å². The van der Waals surface area contributed by atoms with Crippen LogP contribution in [-0.4, -0.2) is 4.98 Å². The van der Waals surface area contributed by atoms with Gasteiger partial charge in [0.15, 0.2) is 12.4 Å². The molecule has 526 valence electrons. The first-order valence-electron chi connectivity index (χ1n) is 38.0.